The lowest BCUT2D eigenvalue weighted by molar-refractivity contribution is 0.528. The molecule has 0 fully saturated rings. The quantitative estimate of drug-likeness (QED) is 0.604. The van der Waals surface area contributed by atoms with Gasteiger partial charge >= 0.3 is 0 Å². The van der Waals surface area contributed by atoms with Gasteiger partial charge < -0.3 is 10.6 Å². The Hall–Kier alpha value is -0.780. The van der Waals surface area contributed by atoms with Gasteiger partial charge in [-0.3, -0.25) is 0 Å². The molecule has 0 aliphatic heterocycles. The van der Waals surface area contributed by atoms with Crippen molar-refractivity contribution in [1.82, 2.24) is 10.6 Å². The van der Waals surface area contributed by atoms with Gasteiger partial charge in [0.25, 0.3) is 0 Å². The third kappa shape index (κ3) is 4.65. The Kier molecular flexibility index (Phi) is 6.63. The van der Waals surface area contributed by atoms with Gasteiger partial charge in [0.05, 0.1) is 6.17 Å². The maximum atomic E-state index is 3.40. The molecule has 0 aromatic heterocycles. The summed E-state index contributed by atoms with van der Waals surface area (Å²) in [6.07, 6.45) is 0.340. The Bertz CT molecular complexity index is 445. The highest BCUT2D eigenvalue weighted by Crippen LogP contribution is 2.35. The van der Waals surface area contributed by atoms with E-state index in [1.54, 1.807) is 0 Å². The molecule has 2 rings (SSSR count). The third-order valence-corrected chi connectivity index (χ3v) is 6.64. The van der Waals surface area contributed by atoms with Crippen LogP contribution in [-0.4, -0.2) is 25.7 Å². The molecule has 0 saturated carbocycles. The lowest BCUT2D eigenvalue weighted by Gasteiger charge is -2.27. The first-order valence-electron chi connectivity index (χ1n) is 6.81. The molecule has 2 atom stereocenters. The van der Waals surface area contributed by atoms with Crippen LogP contribution in [0.1, 0.15) is 0 Å². The van der Waals surface area contributed by atoms with E-state index in [0.29, 0.717) is 11.6 Å². The van der Waals surface area contributed by atoms with E-state index in [1.807, 2.05) is 14.1 Å². The number of hydrogen-bond donors (Lipinski definition) is 2. The van der Waals surface area contributed by atoms with Crippen LogP contribution < -0.4 is 21.2 Å². The van der Waals surface area contributed by atoms with Crippen molar-refractivity contribution in [1.29, 1.82) is 0 Å². The van der Waals surface area contributed by atoms with Gasteiger partial charge in [-0.2, -0.15) is 0 Å². The zero-order valence-electron chi connectivity index (χ0n) is 11.9. The molecule has 2 aromatic rings. The fraction of sp³-hybridized carbons (Fsp3) is 0.250. The van der Waals surface area contributed by atoms with Gasteiger partial charge in [0.2, 0.25) is 0 Å². The Balaban J connectivity index is 2.12. The molecule has 0 aliphatic carbocycles. The van der Waals surface area contributed by atoms with E-state index in [-0.39, 0.29) is 0 Å². The third-order valence-electron chi connectivity index (χ3n) is 3.15. The van der Waals surface area contributed by atoms with Crippen LogP contribution in [0.4, 0.5) is 0 Å². The maximum Gasteiger partial charge on any atom is 0.0678 e. The Morgan fingerprint density at radius 2 is 1.10 bits per heavy atom. The highest BCUT2D eigenvalue weighted by atomic mass is 31.1. The average molecular weight is 304 g/mol. The second-order valence-corrected chi connectivity index (χ2v) is 8.11. The van der Waals surface area contributed by atoms with E-state index in [0.717, 1.165) is 17.2 Å². The van der Waals surface area contributed by atoms with Crippen molar-refractivity contribution in [2.75, 3.05) is 14.1 Å². The Morgan fingerprint density at radius 3 is 1.45 bits per heavy atom. The summed E-state index contributed by atoms with van der Waals surface area (Å²) in [5.41, 5.74) is 0. The molecule has 0 aliphatic rings. The van der Waals surface area contributed by atoms with Crippen LogP contribution in [0.5, 0.6) is 0 Å². The predicted molar refractivity (Wildman–Crippen MR) is 94.5 cm³/mol. The summed E-state index contributed by atoms with van der Waals surface area (Å²) in [7, 11) is 5.66. The largest absolute Gasteiger partial charge is 0.304 e. The zero-order valence-corrected chi connectivity index (χ0v) is 13.9. The van der Waals surface area contributed by atoms with Crippen LogP contribution in [-0.2, 0) is 0 Å². The maximum absolute atomic E-state index is 3.40. The Morgan fingerprint density at radius 1 is 0.700 bits per heavy atom. The van der Waals surface area contributed by atoms with E-state index >= 15 is 0 Å². The van der Waals surface area contributed by atoms with Gasteiger partial charge in [-0.25, -0.2) is 0 Å². The zero-order chi connectivity index (χ0) is 14.2. The summed E-state index contributed by atoms with van der Waals surface area (Å²) in [4.78, 5) is 0. The fourth-order valence-electron chi connectivity index (χ4n) is 2.11. The number of nitrogens with one attached hydrogen (secondary N) is 2. The Labute approximate surface area is 125 Å². The molecule has 0 amide bonds. The van der Waals surface area contributed by atoms with Crippen molar-refractivity contribution in [3.8, 4) is 0 Å². The fourth-order valence-corrected chi connectivity index (χ4v) is 5.89. The number of hydrogen-bond acceptors (Lipinski definition) is 2. The molecule has 106 valence electrons. The molecule has 20 heavy (non-hydrogen) atoms. The molecule has 0 saturated heterocycles. The molecule has 0 spiro atoms. The van der Waals surface area contributed by atoms with Gasteiger partial charge in [-0.05, 0) is 24.7 Å². The van der Waals surface area contributed by atoms with Gasteiger partial charge in [-0.15, -0.1) is 0 Å². The summed E-state index contributed by atoms with van der Waals surface area (Å²) in [6, 6.07) is 21.6. The SMILES string of the molecule is CNC(NC)C(Pc1ccccc1)Pc1ccccc1. The summed E-state index contributed by atoms with van der Waals surface area (Å²) >= 11 is 0. The van der Waals surface area contributed by atoms with Crippen molar-refractivity contribution < 1.29 is 0 Å². The highest BCUT2D eigenvalue weighted by Gasteiger charge is 2.19. The highest BCUT2D eigenvalue weighted by molar-refractivity contribution is 7.65. The van der Waals surface area contributed by atoms with E-state index in [9.17, 15) is 0 Å². The molecule has 2 nitrogen and oxygen atoms in total. The lowest BCUT2D eigenvalue weighted by Crippen LogP contribution is -2.44. The van der Waals surface area contributed by atoms with Crippen molar-refractivity contribution in [3.05, 3.63) is 60.7 Å². The van der Waals surface area contributed by atoms with E-state index in [4.69, 9.17) is 0 Å². The molecule has 0 radical (unpaired) electrons. The topological polar surface area (TPSA) is 24.1 Å². The smallest absolute Gasteiger partial charge is 0.0678 e. The average Bonchev–Trinajstić information content (AvgIpc) is 2.50. The standard InChI is InChI=1S/C16H22N2P2/c1-17-15(18-2)16(19-13-9-5-3-6-10-13)20-14-11-7-4-8-12-14/h3-12,15-20H,1-2H3. The van der Waals surface area contributed by atoms with E-state index in [1.165, 1.54) is 10.6 Å². The van der Waals surface area contributed by atoms with E-state index < -0.39 is 0 Å². The molecular weight excluding hydrogens is 282 g/mol. The van der Waals surface area contributed by atoms with Crippen LogP contribution in [0.15, 0.2) is 60.7 Å². The molecule has 2 unspecified atom stereocenters. The summed E-state index contributed by atoms with van der Waals surface area (Å²) < 4.78 is 0. The first kappa shape index (κ1) is 15.6. The minimum absolute atomic E-state index is 0.340. The van der Waals surface area contributed by atoms with Crippen LogP contribution in [0.2, 0.25) is 0 Å². The molecule has 2 aromatic carbocycles. The van der Waals surface area contributed by atoms with Gasteiger partial charge in [-0.1, -0.05) is 77.8 Å². The second kappa shape index (κ2) is 8.49. The van der Waals surface area contributed by atoms with Crippen molar-refractivity contribution in [2.24, 2.45) is 0 Å². The van der Waals surface area contributed by atoms with Gasteiger partial charge in [0.15, 0.2) is 0 Å². The number of rotatable bonds is 7. The van der Waals surface area contributed by atoms with Crippen LogP contribution in [0.25, 0.3) is 0 Å². The molecule has 0 bridgehead atoms. The molecule has 0 heterocycles. The monoisotopic (exact) mass is 304 g/mol. The minimum Gasteiger partial charge on any atom is -0.304 e. The predicted octanol–water partition coefficient (Wildman–Crippen LogP) is 2.09. The van der Waals surface area contributed by atoms with E-state index in [2.05, 4.69) is 71.3 Å². The number of benzene rings is 2. The van der Waals surface area contributed by atoms with Crippen LogP contribution >= 0.6 is 17.2 Å². The summed E-state index contributed by atoms with van der Waals surface area (Å²) in [6.45, 7) is 0. The first-order chi connectivity index (χ1) is 9.83. The van der Waals surface area contributed by atoms with Crippen molar-refractivity contribution >= 4 is 27.8 Å². The summed E-state index contributed by atoms with van der Waals surface area (Å²) in [5.74, 6) is 0. The molecular formula is C16H22N2P2. The van der Waals surface area contributed by atoms with Crippen LogP contribution in [0, 0.1) is 0 Å². The molecule has 2 N–H and O–H groups in total. The first-order valence-corrected chi connectivity index (χ1v) is 8.96. The normalized spacial score (nSPS) is 13.8. The van der Waals surface area contributed by atoms with Crippen LogP contribution in [0.3, 0.4) is 0 Å². The summed E-state index contributed by atoms with van der Waals surface area (Å²) in [5, 5.41) is 10.2. The second-order valence-electron chi connectivity index (χ2n) is 4.55. The van der Waals surface area contributed by atoms with Gasteiger partial charge in [0, 0.05) is 5.40 Å². The van der Waals surface area contributed by atoms with Crippen molar-refractivity contribution in [2.45, 2.75) is 11.6 Å². The van der Waals surface area contributed by atoms with Gasteiger partial charge in [0.1, 0.15) is 0 Å². The van der Waals surface area contributed by atoms with Crippen molar-refractivity contribution in [3.63, 3.8) is 0 Å². The lowest BCUT2D eigenvalue weighted by atomic mass is 10.4. The molecule has 4 heteroatoms. The minimum atomic E-state index is 0.340.